The zero-order chi connectivity index (χ0) is 11.8. The second-order valence-electron chi connectivity index (χ2n) is 2.89. The van der Waals surface area contributed by atoms with Crippen molar-refractivity contribution >= 4 is 0 Å². The van der Waals surface area contributed by atoms with E-state index in [9.17, 15) is 26.3 Å². The molecule has 0 nitrogen and oxygen atoms in total. The molecule has 0 N–H and O–H groups in total. The fourth-order valence-corrected chi connectivity index (χ4v) is 0.926. The lowest BCUT2D eigenvalue weighted by molar-refractivity contribution is 0.362. The lowest BCUT2D eigenvalue weighted by atomic mass is 10.1. The first-order chi connectivity index (χ1) is 6.95. The maximum Gasteiger partial charge on any atom is 0.301 e. The van der Waals surface area contributed by atoms with Crippen molar-refractivity contribution < 1.29 is 26.3 Å². The molecule has 0 heterocycles. The summed E-state index contributed by atoms with van der Waals surface area (Å²) in [7, 11) is 0. The van der Waals surface area contributed by atoms with Gasteiger partial charge < -0.3 is 0 Å². The first kappa shape index (κ1) is 14.1. The van der Waals surface area contributed by atoms with Crippen LogP contribution in [0, 0.1) is 0 Å². The van der Waals surface area contributed by atoms with Gasteiger partial charge in [0.15, 0.2) is 11.7 Å². The first-order valence-corrected chi connectivity index (χ1v) is 4.34. The number of hydrogen-bond acceptors (Lipinski definition) is 0. The van der Waals surface area contributed by atoms with Crippen LogP contribution in [0.25, 0.3) is 0 Å². The average Bonchev–Trinajstić information content (AvgIpc) is 2.16. The van der Waals surface area contributed by atoms with Gasteiger partial charge in [-0.3, -0.25) is 0 Å². The number of hydrogen-bond donors (Lipinski definition) is 0. The van der Waals surface area contributed by atoms with Crippen LogP contribution in [0.15, 0.2) is 23.8 Å². The Kier molecular flexibility index (Phi) is 6.90. The minimum atomic E-state index is -2.36. The summed E-state index contributed by atoms with van der Waals surface area (Å²) in [5, 5.41) is 0. The molecule has 0 aliphatic carbocycles. The molecule has 0 amide bonds. The van der Waals surface area contributed by atoms with Crippen LogP contribution in [0.5, 0.6) is 0 Å². The predicted octanol–water partition coefficient (Wildman–Crippen LogP) is 5.09. The second kappa shape index (κ2) is 7.36. The third-order valence-corrected chi connectivity index (χ3v) is 1.70. The van der Waals surface area contributed by atoms with Crippen molar-refractivity contribution in [1.82, 2.24) is 0 Å². The quantitative estimate of drug-likeness (QED) is 0.442. The smallest absolute Gasteiger partial charge is 0.206 e. The van der Waals surface area contributed by atoms with Gasteiger partial charge in [0.25, 0.3) is 0 Å². The topological polar surface area (TPSA) is 0 Å². The molecule has 0 unspecified atom stereocenters. The molecule has 0 aliphatic rings. The van der Waals surface area contributed by atoms with E-state index in [1.807, 2.05) is 0 Å². The van der Waals surface area contributed by atoms with Crippen molar-refractivity contribution in [1.29, 1.82) is 0 Å². The normalized spacial score (nSPS) is 10.0. The molecule has 0 rings (SSSR count). The Morgan fingerprint density at radius 1 is 0.533 bits per heavy atom. The van der Waals surface area contributed by atoms with Gasteiger partial charge in [-0.2, -0.15) is 17.6 Å². The summed E-state index contributed by atoms with van der Waals surface area (Å²) < 4.78 is 70.4. The van der Waals surface area contributed by atoms with Crippen LogP contribution in [-0.4, -0.2) is 0 Å². The molecule has 0 fully saturated rings. The van der Waals surface area contributed by atoms with E-state index in [1.165, 1.54) is 0 Å². The van der Waals surface area contributed by atoms with Gasteiger partial charge in [-0.05, 0) is 12.8 Å². The van der Waals surface area contributed by atoms with Crippen LogP contribution in [0.4, 0.5) is 26.3 Å². The Hall–Kier alpha value is -0.940. The van der Waals surface area contributed by atoms with Crippen LogP contribution < -0.4 is 0 Å². The lowest BCUT2D eigenvalue weighted by Crippen LogP contribution is -1.83. The van der Waals surface area contributed by atoms with Crippen molar-refractivity contribution in [2.75, 3.05) is 0 Å². The van der Waals surface area contributed by atoms with E-state index in [-0.39, 0.29) is 19.3 Å². The summed E-state index contributed by atoms with van der Waals surface area (Å²) >= 11 is 0. The summed E-state index contributed by atoms with van der Waals surface area (Å²) in [5.74, 6) is -3.00. The van der Waals surface area contributed by atoms with Gasteiger partial charge in [0, 0.05) is 12.8 Å². The summed E-state index contributed by atoms with van der Waals surface area (Å²) in [6.45, 7) is 0. The third-order valence-electron chi connectivity index (χ3n) is 1.70. The monoisotopic (exact) mass is 232 g/mol. The highest BCUT2D eigenvalue weighted by atomic mass is 19.3. The minimum absolute atomic E-state index is 0.0877. The molecule has 0 aromatic heterocycles. The summed E-state index contributed by atoms with van der Waals surface area (Å²) in [6.07, 6.45) is -5.21. The molecule has 0 aromatic carbocycles. The molecule has 0 atom stereocenters. The summed E-state index contributed by atoms with van der Waals surface area (Å²) in [5.41, 5.74) is 0. The average molecular weight is 232 g/mol. The number of allylic oxidation sites excluding steroid dienone is 2. The highest BCUT2D eigenvalue weighted by Gasteiger charge is 2.06. The molecule has 0 aromatic rings. The molecule has 88 valence electrons. The summed E-state index contributed by atoms with van der Waals surface area (Å²) in [4.78, 5) is 0. The number of halogens is 6. The van der Waals surface area contributed by atoms with Gasteiger partial charge in [0.2, 0.25) is 0 Å². The Balaban J connectivity index is 3.58. The number of rotatable bonds is 6. The zero-order valence-electron chi connectivity index (χ0n) is 7.80. The van der Waals surface area contributed by atoms with Gasteiger partial charge in [0.1, 0.15) is 0 Å². The van der Waals surface area contributed by atoms with Crippen LogP contribution in [-0.2, 0) is 0 Å². The van der Waals surface area contributed by atoms with E-state index in [4.69, 9.17) is 0 Å². The largest absolute Gasteiger partial charge is 0.301 e. The van der Waals surface area contributed by atoms with Gasteiger partial charge in [0.05, 0.1) is 0 Å². The second-order valence-corrected chi connectivity index (χ2v) is 2.89. The molecule has 0 saturated carbocycles. The van der Waals surface area contributed by atoms with Crippen molar-refractivity contribution in [3.63, 3.8) is 0 Å². The molecule has 0 bridgehead atoms. The molecule has 0 radical (unpaired) electrons. The number of unbranched alkanes of at least 4 members (excludes halogenated alkanes) is 2. The molecule has 0 saturated heterocycles. The molecule has 0 spiro atoms. The van der Waals surface area contributed by atoms with Gasteiger partial charge >= 0.3 is 12.2 Å². The lowest BCUT2D eigenvalue weighted by Gasteiger charge is -1.98. The van der Waals surface area contributed by atoms with E-state index in [2.05, 4.69) is 0 Å². The predicted molar refractivity (Wildman–Crippen MR) is 43.8 cm³/mol. The maximum atomic E-state index is 12.2. The zero-order valence-corrected chi connectivity index (χ0v) is 7.80. The third kappa shape index (κ3) is 7.04. The van der Waals surface area contributed by atoms with E-state index in [1.54, 1.807) is 0 Å². The van der Waals surface area contributed by atoms with Crippen molar-refractivity contribution in [2.24, 2.45) is 0 Å². The first-order valence-electron chi connectivity index (χ1n) is 4.34. The molecule has 6 heteroatoms. The summed E-state index contributed by atoms with van der Waals surface area (Å²) in [6, 6.07) is 0. The van der Waals surface area contributed by atoms with Gasteiger partial charge in [-0.15, -0.1) is 0 Å². The highest BCUT2D eigenvalue weighted by molar-refractivity contribution is 4.92. The fourth-order valence-electron chi connectivity index (χ4n) is 0.926. The van der Waals surface area contributed by atoms with Crippen LogP contribution in [0.3, 0.4) is 0 Å². The Bertz CT molecular complexity index is 221. The van der Waals surface area contributed by atoms with Crippen molar-refractivity contribution in [3.05, 3.63) is 23.8 Å². The Morgan fingerprint density at radius 3 is 1.13 bits per heavy atom. The fraction of sp³-hybridized carbons (Fsp3) is 0.556. The standard InChI is InChI=1S/C9H10F6/c10-6(8(12)13)4-2-1-3-5-7(11)9(14)15/h1-5H2. The Morgan fingerprint density at radius 2 is 0.867 bits per heavy atom. The van der Waals surface area contributed by atoms with Crippen LogP contribution >= 0.6 is 0 Å². The van der Waals surface area contributed by atoms with Crippen molar-refractivity contribution in [2.45, 2.75) is 32.1 Å². The Labute approximate surface area is 83.3 Å². The minimum Gasteiger partial charge on any atom is -0.206 e. The van der Waals surface area contributed by atoms with Crippen LogP contribution in [0.2, 0.25) is 0 Å². The maximum absolute atomic E-state index is 12.2. The van der Waals surface area contributed by atoms with E-state index in [0.717, 1.165) is 0 Å². The van der Waals surface area contributed by atoms with Gasteiger partial charge in [-0.25, -0.2) is 8.78 Å². The molecule has 0 aliphatic heterocycles. The SMILES string of the molecule is FC(F)=C(F)CCCCCC(F)=C(F)F. The highest BCUT2D eigenvalue weighted by Crippen LogP contribution is 2.20. The molecular formula is C9H10F6. The van der Waals surface area contributed by atoms with Gasteiger partial charge in [-0.1, -0.05) is 6.42 Å². The van der Waals surface area contributed by atoms with Crippen LogP contribution in [0.1, 0.15) is 32.1 Å². The molecular weight excluding hydrogens is 222 g/mol. The van der Waals surface area contributed by atoms with E-state index >= 15 is 0 Å². The van der Waals surface area contributed by atoms with E-state index < -0.39 is 36.7 Å². The van der Waals surface area contributed by atoms with E-state index in [0.29, 0.717) is 0 Å². The van der Waals surface area contributed by atoms with Crippen molar-refractivity contribution in [3.8, 4) is 0 Å². The molecule has 15 heavy (non-hydrogen) atoms.